The first kappa shape index (κ1) is 12.7. The Labute approximate surface area is 110 Å². The normalized spacial score (nSPS) is 10.2. The number of aliphatic hydroxyl groups is 1. The molecule has 0 bridgehead atoms. The van der Waals surface area contributed by atoms with Crippen LogP contribution in [0.2, 0.25) is 5.02 Å². The summed E-state index contributed by atoms with van der Waals surface area (Å²) in [5, 5.41) is 9.52. The molecule has 1 N–H and O–H groups in total. The summed E-state index contributed by atoms with van der Waals surface area (Å²) in [7, 11) is 1.59. The Kier molecular flexibility index (Phi) is 4.02. The van der Waals surface area contributed by atoms with Gasteiger partial charge >= 0.3 is 0 Å². The summed E-state index contributed by atoms with van der Waals surface area (Å²) >= 11 is 5.85. The van der Waals surface area contributed by atoms with Gasteiger partial charge in [-0.1, -0.05) is 17.7 Å². The highest BCUT2D eigenvalue weighted by atomic mass is 35.5. The van der Waals surface area contributed by atoms with Crippen LogP contribution < -0.4 is 9.47 Å². The van der Waals surface area contributed by atoms with Crippen LogP contribution in [-0.4, -0.2) is 17.2 Å². The zero-order valence-electron chi connectivity index (χ0n) is 9.76. The monoisotopic (exact) mass is 265 g/mol. The van der Waals surface area contributed by atoms with Crippen molar-refractivity contribution in [3.8, 4) is 17.4 Å². The number of halogens is 1. The van der Waals surface area contributed by atoms with E-state index >= 15 is 0 Å². The average molecular weight is 266 g/mol. The van der Waals surface area contributed by atoms with Gasteiger partial charge in [0.2, 0.25) is 5.88 Å². The number of benzene rings is 1. The Morgan fingerprint density at radius 3 is 2.78 bits per heavy atom. The highest BCUT2D eigenvalue weighted by molar-refractivity contribution is 6.31. The van der Waals surface area contributed by atoms with Crippen LogP contribution >= 0.6 is 11.6 Å². The van der Waals surface area contributed by atoms with Gasteiger partial charge in [-0.25, -0.2) is 4.98 Å². The molecule has 0 atom stereocenters. The van der Waals surface area contributed by atoms with E-state index in [1.54, 1.807) is 25.3 Å². The summed E-state index contributed by atoms with van der Waals surface area (Å²) in [5.41, 5.74) is 0.574. The van der Waals surface area contributed by atoms with Crippen molar-refractivity contribution in [1.29, 1.82) is 0 Å². The zero-order valence-corrected chi connectivity index (χ0v) is 10.5. The maximum absolute atomic E-state index is 9.10. The first-order valence-corrected chi connectivity index (χ1v) is 5.68. The second-order valence-corrected chi connectivity index (χ2v) is 3.96. The molecule has 0 radical (unpaired) electrons. The lowest BCUT2D eigenvalue weighted by molar-refractivity contribution is 0.281. The van der Waals surface area contributed by atoms with Gasteiger partial charge in [-0.3, -0.25) is 0 Å². The molecule has 0 saturated carbocycles. The molecule has 0 aliphatic carbocycles. The maximum atomic E-state index is 9.10. The van der Waals surface area contributed by atoms with Crippen LogP contribution in [0.4, 0.5) is 0 Å². The SMILES string of the molecule is COc1cccc(Oc2cc(CO)c(Cl)cn2)c1. The third-order valence-corrected chi connectivity index (χ3v) is 2.68. The van der Waals surface area contributed by atoms with Crippen molar-refractivity contribution < 1.29 is 14.6 Å². The van der Waals surface area contributed by atoms with Crippen molar-refractivity contribution in [2.75, 3.05) is 7.11 Å². The van der Waals surface area contributed by atoms with Crippen LogP contribution in [0.25, 0.3) is 0 Å². The summed E-state index contributed by atoms with van der Waals surface area (Å²) in [6.45, 7) is -0.157. The van der Waals surface area contributed by atoms with Gasteiger partial charge in [0, 0.05) is 23.9 Å². The van der Waals surface area contributed by atoms with Crippen molar-refractivity contribution in [3.05, 3.63) is 47.1 Å². The van der Waals surface area contributed by atoms with Crippen LogP contribution in [-0.2, 0) is 6.61 Å². The molecule has 1 heterocycles. The average Bonchev–Trinajstić information content (AvgIpc) is 2.41. The molecule has 2 rings (SSSR count). The second-order valence-electron chi connectivity index (χ2n) is 3.55. The van der Waals surface area contributed by atoms with Crippen molar-refractivity contribution in [1.82, 2.24) is 4.98 Å². The van der Waals surface area contributed by atoms with Gasteiger partial charge in [-0.15, -0.1) is 0 Å². The molecule has 4 nitrogen and oxygen atoms in total. The van der Waals surface area contributed by atoms with E-state index in [0.29, 0.717) is 28.0 Å². The minimum atomic E-state index is -0.157. The number of ether oxygens (including phenoxy) is 2. The molecule has 0 aliphatic heterocycles. The highest BCUT2D eigenvalue weighted by Gasteiger charge is 2.05. The van der Waals surface area contributed by atoms with Crippen LogP contribution in [0.5, 0.6) is 17.4 Å². The molecule has 0 unspecified atom stereocenters. The fourth-order valence-electron chi connectivity index (χ4n) is 1.42. The molecule has 0 spiro atoms. The van der Waals surface area contributed by atoms with Gasteiger partial charge in [0.25, 0.3) is 0 Å². The Hall–Kier alpha value is -1.78. The third-order valence-electron chi connectivity index (χ3n) is 2.34. The number of hydrogen-bond acceptors (Lipinski definition) is 4. The molecule has 1 aromatic carbocycles. The van der Waals surface area contributed by atoms with Crippen molar-refractivity contribution in [2.45, 2.75) is 6.61 Å². The van der Waals surface area contributed by atoms with E-state index in [4.69, 9.17) is 26.2 Å². The second kappa shape index (κ2) is 5.71. The van der Waals surface area contributed by atoms with Gasteiger partial charge in [-0.2, -0.15) is 0 Å². The fraction of sp³-hybridized carbons (Fsp3) is 0.154. The molecule has 0 fully saturated rings. The summed E-state index contributed by atoms with van der Waals surface area (Å²) < 4.78 is 10.7. The molecule has 5 heteroatoms. The van der Waals surface area contributed by atoms with Crippen LogP contribution in [0.1, 0.15) is 5.56 Å². The topological polar surface area (TPSA) is 51.6 Å². The number of aliphatic hydroxyl groups excluding tert-OH is 1. The van der Waals surface area contributed by atoms with Crippen molar-refractivity contribution >= 4 is 11.6 Å². The van der Waals surface area contributed by atoms with Gasteiger partial charge in [0.05, 0.1) is 18.7 Å². The van der Waals surface area contributed by atoms with Crippen molar-refractivity contribution in [2.24, 2.45) is 0 Å². The summed E-state index contributed by atoms with van der Waals surface area (Å²) in [6, 6.07) is 8.77. The molecule has 18 heavy (non-hydrogen) atoms. The molecular weight excluding hydrogens is 254 g/mol. The highest BCUT2D eigenvalue weighted by Crippen LogP contribution is 2.26. The number of pyridine rings is 1. The van der Waals surface area contributed by atoms with E-state index in [1.807, 2.05) is 12.1 Å². The lowest BCUT2D eigenvalue weighted by atomic mass is 10.3. The Morgan fingerprint density at radius 2 is 2.06 bits per heavy atom. The summed E-state index contributed by atoms with van der Waals surface area (Å²) in [5.74, 6) is 1.67. The predicted molar refractivity (Wildman–Crippen MR) is 68.2 cm³/mol. The number of aromatic nitrogens is 1. The maximum Gasteiger partial charge on any atom is 0.219 e. The lowest BCUT2D eigenvalue weighted by Crippen LogP contribution is -1.92. The molecule has 0 aliphatic rings. The standard InChI is InChI=1S/C13H12ClNO3/c1-17-10-3-2-4-11(6-10)18-13-5-9(8-16)12(14)7-15-13/h2-7,16H,8H2,1H3. The first-order valence-electron chi connectivity index (χ1n) is 5.30. The van der Waals surface area contributed by atoms with Gasteiger partial charge < -0.3 is 14.6 Å². The quantitative estimate of drug-likeness (QED) is 0.923. The van der Waals surface area contributed by atoms with Crippen LogP contribution in [0, 0.1) is 0 Å². The molecule has 0 saturated heterocycles. The molecular formula is C13H12ClNO3. The minimum Gasteiger partial charge on any atom is -0.497 e. The number of hydrogen-bond donors (Lipinski definition) is 1. The molecule has 94 valence electrons. The molecule has 1 aromatic heterocycles. The zero-order chi connectivity index (χ0) is 13.0. The molecule has 0 amide bonds. The molecule has 2 aromatic rings. The van der Waals surface area contributed by atoms with Crippen LogP contribution in [0.15, 0.2) is 36.5 Å². The van der Waals surface area contributed by atoms with Crippen molar-refractivity contribution in [3.63, 3.8) is 0 Å². The van der Waals surface area contributed by atoms with Crippen LogP contribution in [0.3, 0.4) is 0 Å². The van der Waals surface area contributed by atoms with E-state index in [1.165, 1.54) is 6.20 Å². The van der Waals surface area contributed by atoms with E-state index in [-0.39, 0.29) is 6.61 Å². The smallest absolute Gasteiger partial charge is 0.219 e. The first-order chi connectivity index (χ1) is 8.72. The number of nitrogens with zero attached hydrogens (tertiary/aromatic N) is 1. The Morgan fingerprint density at radius 1 is 1.28 bits per heavy atom. The van der Waals surface area contributed by atoms with E-state index < -0.39 is 0 Å². The van der Waals surface area contributed by atoms with Gasteiger partial charge in [-0.05, 0) is 12.1 Å². The Bertz CT molecular complexity index is 546. The minimum absolute atomic E-state index is 0.157. The number of rotatable bonds is 4. The van der Waals surface area contributed by atoms with E-state index in [2.05, 4.69) is 4.98 Å². The number of methoxy groups -OCH3 is 1. The summed E-state index contributed by atoms with van der Waals surface area (Å²) in [6.07, 6.45) is 1.45. The summed E-state index contributed by atoms with van der Waals surface area (Å²) in [4.78, 5) is 4.03. The third kappa shape index (κ3) is 2.91. The van der Waals surface area contributed by atoms with Gasteiger partial charge in [0.15, 0.2) is 0 Å². The van der Waals surface area contributed by atoms with Gasteiger partial charge in [0.1, 0.15) is 11.5 Å². The largest absolute Gasteiger partial charge is 0.497 e. The van der Waals surface area contributed by atoms with E-state index in [9.17, 15) is 0 Å². The Balaban J connectivity index is 2.22. The fourth-order valence-corrected chi connectivity index (χ4v) is 1.58. The predicted octanol–water partition coefficient (Wildman–Crippen LogP) is 3.03. The lowest BCUT2D eigenvalue weighted by Gasteiger charge is -2.08. The van der Waals surface area contributed by atoms with E-state index in [0.717, 1.165) is 0 Å².